The zero-order valence-electron chi connectivity index (χ0n) is 27.5. The van der Waals surface area contributed by atoms with E-state index in [0.717, 1.165) is 95.6 Å². The highest BCUT2D eigenvalue weighted by molar-refractivity contribution is 5.85. The Balaban J connectivity index is 0.813. The Morgan fingerprint density at radius 2 is 1.29 bits per heavy atom. The number of benzene rings is 1. The minimum Gasteiger partial charge on any atom is -0.478 e. The van der Waals surface area contributed by atoms with E-state index in [9.17, 15) is 4.79 Å². The van der Waals surface area contributed by atoms with Crippen LogP contribution in [0.4, 0.5) is 0 Å². The highest BCUT2D eigenvalue weighted by Crippen LogP contribution is 2.62. The van der Waals surface area contributed by atoms with Gasteiger partial charge in [0, 0.05) is 77.0 Å². The van der Waals surface area contributed by atoms with Crippen LogP contribution in [-0.2, 0) is 24.3 Å². The van der Waals surface area contributed by atoms with Crippen LogP contribution < -0.4 is 4.74 Å². The molecule has 10 nitrogen and oxygen atoms in total. The molecular formula is C35H52N4O6. The summed E-state index contributed by atoms with van der Waals surface area (Å²) in [6, 6.07) is 8.31. The van der Waals surface area contributed by atoms with Gasteiger partial charge in [-0.2, -0.15) is 19.6 Å². The lowest BCUT2D eigenvalue weighted by Gasteiger charge is -2.60. The van der Waals surface area contributed by atoms with Crippen molar-refractivity contribution in [2.75, 3.05) is 59.4 Å². The molecule has 3 saturated heterocycles. The second-order valence-electron chi connectivity index (χ2n) is 15.7. The number of hydrazine groups is 1. The first-order valence-electron chi connectivity index (χ1n) is 17.7. The summed E-state index contributed by atoms with van der Waals surface area (Å²) in [5.41, 5.74) is 0.343. The number of likely N-dealkylation sites (N-methyl/N-ethyl adjacent to an activating group) is 1. The number of rotatable bonds is 5. The Kier molecular flexibility index (Phi) is 7.95. The first-order valence-corrected chi connectivity index (χ1v) is 17.7. The van der Waals surface area contributed by atoms with Crippen LogP contribution in [0.3, 0.4) is 0 Å². The van der Waals surface area contributed by atoms with Crippen molar-refractivity contribution in [3.8, 4) is 5.75 Å². The normalized spacial score (nSPS) is 39.5. The van der Waals surface area contributed by atoms with Crippen molar-refractivity contribution < 1.29 is 29.1 Å². The molecule has 248 valence electrons. The van der Waals surface area contributed by atoms with Gasteiger partial charge in [0.2, 0.25) is 11.6 Å². The van der Waals surface area contributed by atoms with Crippen LogP contribution in [0.1, 0.15) is 83.1 Å². The Hall–Kier alpha value is -1.79. The van der Waals surface area contributed by atoms with E-state index in [4.69, 9.17) is 24.3 Å². The van der Waals surface area contributed by atoms with Gasteiger partial charge in [-0.15, -0.1) is 0 Å². The minimum atomic E-state index is -0.932. The molecule has 2 spiro atoms. The van der Waals surface area contributed by atoms with Gasteiger partial charge in [-0.3, -0.25) is 4.79 Å². The third-order valence-electron chi connectivity index (χ3n) is 12.3. The van der Waals surface area contributed by atoms with Crippen LogP contribution in [0.5, 0.6) is 5.75 Å². The topological polar surface area (TPSA) is 76.2 Å². The maximum absolute atomic E-state index is 13.5. The van der Waals surface area contributed by atoms with Crippen LogP contribution >= 0.6 is 0 Å². The van der Waals surface area contributed by atoms with Crippen LogP contribution in [0.25, 0.3) is 0 Å². The lowest BCUT2D eigenvalue weighted by Crippen LogP contribution is -2.64. The molecule has 8 aliphatic rings. The second-order valence-corrected chi connectivity index (χ2v) is 15.7. The van der Waals surface area contributed by atoms with Crippen LogP contribution in [-0.4, -0.2) is 102 Å². The summed E-state index contributed by atoms with van der Waals surface area (Å²) in [4.78, 5) is 42.6. The molecule has 0 unspecified atom stereocenters. The first kappa shape index (κ1) is 30.5. The monoisotopic (exact) mass is 624 g/mol. The smallest absolute Gasteiger partial charge is 0.266 e. The van der Waals surface area contributed by atoms with Crippen LogP contribution in [0, 0.1) is 23.7 Å². The second kappa shape index (κ2) is 11.7. The molecule has 3 aliphatic heterocycles. The summed E-state index contributed by atoms with van der Waals surface area (Å²) in [7, 11) is 2.18. The fourth-order valence-corrected chi connectivity index (χ4v) is 9.77. The van der Waals surface area contributed by atoms with Gasteiger partial charge in [0.05, 0.1) is 0 Å². The molecule has 8 fully saturated rings. The molecule has 0 aromatic heterocycles. The lowest BCUT2D eigenvalue weighted by atomic mass is 9.53. The molecule has 5 aliphatic carbocycles. The molecule has 0 radical (unpaired) electrons. The van der Waals surface area contributed by atoms with Gasteiger partial charge in [0.1, 0.15) is 5.75 Å². The van der Waals surface area contributed by atoms with E-state index in [2.05, 4.69) is 34.1 Å². The fourth-order valence-electron chi connectivity index (χ4n) is 9.77. The van der Waals surface area contributed by atoms with Crippen molar-refractivity contribution >= 4 is 5.91 Å². The first-order chi connectivity index (χ1) is 21.7. The zero-order chi connectivity index (χ0) is 30.8. The van der Waals surface area contributed by atoms with Crippen molar-refractivity contribution in [3.63, 3.8) is 0 Å². The molecule has 0 N–H and O–H groups in total. The molecule has 45 heavy (non-hydrogen) atoms. The Labute approximate surface area is 268 Å². The Bertz CT molecular complexity index is 1180. The Morgan fingerprint density at radius 1 is 0.756 bits per heavy atom. The molecule has 5 saturated carbocycles. The summed E-state index contributed by atoms with van der Waals surface area (Å²) in [6.45, 7) is 11.3. The Morgan fingerprint density at radius 3 is 1.84 bits per heavy atom. The van der Waals surface area contributed by atoms with Gasteiger partial charge in [-0.25, -0.2) is 10.0 Å². The minimum absolute atomic E-state index is 0.0505. The number of nitrogens with zero attached hydrogens (tertiary/aromatic N) is 4. The quantitative estimate of drug-likeness (QED) is 0.438. The number of hydrogen-bond acceptors (Lipinski definition) is 9. The maximum Gasteiger partial charge on any atom is 0.266 e. The van der Waals surface area contributed by atoms with E-state index >= 15 is 0 Å². The molecule has 9 rings (SSSR count). The van der Waals surface area contributed by atoms with Crippen molar-refractivity contribution in [1.29, 1.82) is 0 Å². The van der Waals surface area contributed by atoms with Gasteiger partial charge in [-0.05, 0) is 101 Å². The van der Waals surface area contributed by atoms with Crippen molar-refractivity contribution in [3.05, 3.63) is 29.8 Å². The molecule has 3 heterocycles. The van der Waals surface area contributed by atoms with E-state index in [1.807, 2.05) is 30.9 Å². The van der Waals surface area contributed by atoms with E-state index in [-0.39, 0.29) is 5.91 Å². The lowest BCUT2D eigenvalue weighted by molar-refractivity contribution is -0.680. The van der Waals surface area contributed by atoms with Gasteiger partial charge in [-0.1, -0.05) is 12.1 Å². The highest BCUT2D eigenvalue weighted by Gasteiger charge is 2.64. The third-order valence-corrected chi connectivity index (χ3v) is 12.3. The summed E-state index contributed by atoms with van der Waals surface area (Å²) in [5, 5.41) is 4.87. The molecule has 1 aromatic rings. The number of ether oxygens (including phenoxy) is 1. The van der Waals surface area contributed by atoms with E-state index in [0.29, 0.717) is 17.8 Å². The molecule has 1 aromatic carbocycles. The van der Waals surface area contributed by atoms with Gasteiger partial charge < -0.3 is 14.5 Å². The van der Waals surface area contributed by atoms with Gasteiger partial charge >= 0.3 is 0 Å². The van der Waals surface area contributed by atoms with Gasteiger partial charge in [0.15, 0.2) is 5.60 Å². The summed E-state index contributed by atoms with van der Waals surface area (Å²) >= 11 is 0. The molecule has 0 atom stereocenters. The zero-order valence-corrected chi connectivity index (χ0v) is 27.5. The van der Waals surface area contributed by atoms with Gasteiger partial charge in [0.25, 0.3) is 5.91 Å². The molecule has 10 heteroatoms. The van der Waals surface area contributed by atoms with Crippen molar-refractivity contribution in [2.24, 2.45) is 23.7 Å². The van der Waals surface area contributed by atoms with E-state index < -0.39 is 17.2 Å². The molecule has 1 amide bonds. The fraction of sp³-hybridized carbons (Fsp3) is 0.800. The number of piperazine rings is 2. The van der Waals surface area contributed by atoms with Crippen molar-refractivity contribution in [2.45, 2.75) is 94.7 Å². The largest absolute Gasteiger partial charge is 0.478 e. The van der Waals surface area contributed by atoms with Crippen molar-refractivity contribution in [1.82, 2.24) is 19.8 Å². The standard InChI is InChI=1S/C35H52N4O6/c1-33(2,32(40)37-14-18-39(19-15-37)38-16-12-36(3)13-17-38)41-31-6-4-27(5-7-31)28-8-10-34(11-9-28)42-44-35(45-43-34)29-21-25-20-26(23-29)24-30(35)22-25/h4-7,25-26,28-30H,8-24H2,1-3H3. The molecular weight excluding hydrogens is 572 g/mol. The average molecular weight is 625 g/mol. The van der Waals surface area contributed by atoms with E-state index in [1.165, 1.54) is 37.7 Å². The predicted molar refractivity (Wildman–Crippen MR) is 166 cm³/mol. The average Bonchev–Trinajstić information content (AvgIpc) is 3.05. The summed E-state index contributed by atoms with van der Waals surface area (Å²) < 4.78 is 6.31. The summed E-state index contributed by atoms with van der Waals surface area (Å²) in [5.74, 6) is 2.11. The van der Waals surface area contributed by atoms with Crippen LogP contribution in [0.2, 0.25) is 0 Å². The number of hydrogen-bond donors (Lipinski definition) is 0. The van der Waals surface area contributed by atoms with Crippen LogP contribution in [0.15, 0.2) is 24.3 Å². The van der Waals surface area contributed by atoms with E-state index in [1.54, 1.807) is 0 Å². The number of amides is 1. The maximum atomic E-state index is 13.5. The number of carbonyl (C=O) groups excluding carboxylic acids is 1. The number of carbonyl (C=O) groups is 1. The molecule has 4 bridgehead atoms. The third kappa shape index (κ3) is 5.72. The predicted octanol–water partition coefficient (Wildman–Crippen LogP) is 4.57. The highest BCUT2D eigenvalue weighted by atomic mass is 17.4. The SMILES string of the molecule is CN1CCN(N2CCN(C(=O)C(C)(C)Oc3ccc(C4CCC5(CC4)OOC4(OO5)C5CC6CC(C5)CC4C6)cc3)CC2)CC1. The summed E-state index contributed by atoms with van der Waals surface area (Å²) in [6.07, 6.45) is 9.41.